The summed E-state index contributed by atoms with van der Waals surface area (Å²) in [6.07, 6.45) is 0. The Hall–Kier alpha value is -1.05. The lowest BCUT2D eigenvalue weighted by Crippen LogP contribution is -2.03. The summed E-state index contributed by atoms with van der Waals surface area (Å²) >= 11 is 10.6. The van der Waals surface area contributed by atoms with E-state index in [0.29, 0.717) is 22.5 Å². The molecule has 1 N–H and O–H groups in total. The van der Waals surface area contributed by atoms with Crippen LogP contribution in [0.1, 0.15) is 6.92 Å². The molecule has 8 heteroatoms. The number of aromatic nitrogens is 3. The van der Waals surface area contributed by atoms with Gasteiger partial charge in [-0.3, -0.25) is 4.79 Å². The molecule has 5 nitrogen and oxygen atoms in total. The zero-order valence-corrected chi connectivity index (χ0v) is 13.7. The second kappa shape index (κ2) is 6.60. The SMILES string of the molecule is CCn1c(SCC(=O)O)nnc1-c1cc(Cl)ccc1Br. The van der Waals surface area contributed by atoms with Crippen LogP contribution in [0.15, 0.2) is 27.8 Å². The Morgan fingerprint density at radius 1 is 1.50 bits per heavy atom. The van der Waals surface area contributed by atoms with Crippen molar-refractivity contribution in [3.63, 3.8) is 0 Å². The molecule has 2 rings (SSSR count). The third-order valence-corrected chi connectivity index (χ3v) is 4.41. The molecule has 0 spiro atoms. The number of aliphatic carboxylic acids is 1. The lowest BCUT2D eigenvalue weighted by molar-refractivity contribution is -0.133. The summed E-state index contributed by atoms with van der Waals surface area (Å²) in [4.78, 5) is 10.6. The molecule has 0 atom stereocenters. The van der Waals surface area contributed by atoms with Crippen molar-refractivity contribution in [3.8, 4) is 11.4 Å². The third-order valence-electron chi connectivity index (χ3n) is 2.53. The standard InChI is InChI=1S/C12H11BrClN3O2S/c1-2-17-11(8-5-7(14)3-4-9(8)13)15-16-12(17)20-6-10(18)19/h3-5H,2,6H2,1H3,(H,18,19). The molecule has 0 radical (unpaired) electrons. The van der Waals surface area contributed by atoms with Gasteiger partial charge in [0.1, 0.15) is 0 Å². The Balaban J connectivity index is 2.42. The van der Waals surface area contributed by atoms with Crippen molar-refractivity contribution in [3.05, 3.63) is 27.7 Å². The largest absolute Gasteiger partial charge is 0.481 e. The van der Waals surface area contributed by atoms with Crippen LogP contribution in [0.4, 0.5) is 0 Å². The van der Waals surface area contributed by atoms with E-state index < -0.39 is 5.97 Å². The number of thioether (sulfide) groups is 1. The first-order chi connectivity index (χ1) is 9.52. The van der Waals surface area contributed by atoms with Crippen molar-refractivity contribution < 1.29 is 9.90 Å². The van der Waals surface area contributed by atoms with Crippen LogP contribution in [-0.4, -0.2) is 31.6 Å². The van der Waals surface area contributed by atoms with E-state index in [9.17, 15) is 4.79 Å². The number of nitrogens with zero attached hydrogens (tertiary/aromatic N) is 3. The second-order valence-corrected chi connectivity index (χ2v) is 6.09. The van der Waals surface area contributed by atoms with E-state index >= 15 is 0 Å². The summed E-state index contributed by atoms with van der Waals surface area (Å²) in [6, 6.07) is 5.42. The number of hydrogen-bond donors (Lipinski definition) is 1. The van der Waals surface area contributed by atoms with E-state index in [4.69, 9.17) is 16.7 Å². The van der Waals surface area contributed by atoms with E-state index in [1.54, 1.807) is 12.1 Å². The zero-order valence-electron chi connectivity index (χ0n) is 10.5. The summed E-state index contributed by atoms with van der Waals surface area (Å²) in [6.45, 7) is 2.60. The number of carboxylic acids is 1. The topological polar surface area (TPSA) is 68.0 Å². The Labute approximate surface area is 133 Å². The smallest absolute Gasteiger partial charge is 0.313 e. The first-order valence-electron chi connectivity index (χ1n) is 5.76. The van der Waals surface area contributed by atoms with Crippen LogP contribution < -0.4 is 0 Å². The zero-order chi connectivity index (χ0) is 14.7. The van der Waals surface area contributed by atoms with Gasteiger partial charge in [-0.2, -0.15) is 0 Å². The van der Waals surface area contributed by atoms with Crippen LogP contribution in [0.25, 0.3) is 11.4 Å². The predicted molar refractivity (Wildman–Crippen MR) is 82.2 cm³/mol. The summed E-state index contributed by atoms with van der Waals surface area (Å²) < 4.78 is 2.73. The Kier molecular flexibility index (Phi) is 5.06. The number of carboxylic acid groups (broad SMARTS) is 1. The molecule has 1 heterocycles. The minimum atomic E-state index is -0.883. The normalized spacial score (nSPS) is 10.8. The lowest BCUT2D eigenvalue weighted by atomic mass is 10.2. The minimum absolute atomic E-state index is 0.0468. The van der Waals surface area contributed by atoms with Gasteiger partial charge in [-0.15, -0.1) is 10.2 Å². The molecule has 0 aliphatic rings. The molecule has 0 aliphatic heterocycles. The molecule has 1 aromatic carbocycles. The lowest BCUT2D eigenvalue weighted by Gasteiger charge is -2.08. The van der Waals surface area contributed by atoms with Gasteiger partial charge in [0.05, 0.1) is 5.75 Å². The maximum atomic E-state index is 10.6. The first-order valence-corrected chi connectivity index (χ1v) is 7.91. The van der Waals surface area contributed by atoms with Crippen molar-refractivity contribution in [2.45, 2.75) is 18.6 Å². The van der Waals surface area contributed by atoms with Crippen LogP contribution in [-0.2, 0) is 11.3 Å². The Morgan fingerprint density at radius 3 is 2.90 bits per heavy atom. The molecule has 0 unspecified atom stereocenters. The number of carbonyl (C=O) groups is 1. The highest BCUT2D eigenvalue weighted by atomic mass is 79.9. The van der Waals surface area contributed by atoms with E-state index in [2.05, 4.69) is 26.1 Å². The highest BCUT2D eigenvalue weighted by Crippen LogP contribution is 2.31. The average Bonchev–Trinajstić information content (AvgIpc) is 2.81. The van der Waals surface area contributed by atoms with Gasteiger partial charge in [0.15, 0.2) is 11.0 Å². The average molecular weight is 377 g/mol. The fraction of sp³-hybridized carbons (Fsp3) is 0.250. The number of hydrogen-bond acceptors (Lipinski definition) is 4. The highest BCUT2D eigenvalue weighted by molar-refractivity contribution is 9.10. The van der Waals surface area contributed by atoms with E-state index in [1.165, 1.54) is 0 Å². The molecule has 2 aromatic rings. The van der Waals surface area contributed by atoms with Crippen LogP contribution >= 0.6 is 39.3 Å². The molecule has 0 fully saturated rings. The minimum Gasteiger partial charge on any atom is -0.481 e. The fourth-order valence-electron chi connectivity index (χ4n) is 1.67. The summed E-state index contributed by atoms with van der Waals surface area (Å²) in [7, 11) is 0. The molecule has 0 saturated heterocycles. The maximum Gasteiger partial charge on any atom is 0.313 e. The van der Waals surface area contributed by atoms with Gasteiger partial charge in [0.2, 0.25) is 0 Å². The fourth-order valence-corrected chi connectivity index (χ4v) is 2.99. The van der Waals surface area contributed by atoms with Gasteiger partial charge < -0.3 is 9.67 Å². The monoisotopic (exact) mass is 375 g/mol. The van der Waals surface area contributed by atoms with Gasteiger partial charge in [-0.1, -0.05) is 39.3 Å². The number of rotatable bonds is 5. The molecular formula is C12H11BrClN3O2S. The van der Waals surface area contributed by atoms with Crippen molar-refractivity contribution in [1.82, 2.24) is 14.8 Å². The Bertz CT molecular complexity index is 648. The molecule has 0 saturated carbocycles. The second-order valence-electron chi connectivity index (χ2n) is 3.86. The number of benzene rings is 1. The van der Waals surface area contributed by atoms with Crippen LogP contribution in [0.5, 0.6) is 0 Å². The van der Waals surface area contributed by atoms with Gasteiger partial charge in [-0.25, -0.2) is 0 Å². The molecule has 1 aromatic heterocycles. The van der Waals surface area contributed by atoms with Crippen molar-refractivity contribution in [2.75, 3.05) is 5.75 Å². The molecule has 0 amide bonds. The van der Waals surface area contributed by atoms with E-state index in [-0.39, 0.29) is 5.75 Å². The predicted octanol–water partition coefficient (Wildman–Crippen LogP) is 3.56. The van der Waals surface area contributed by atoms with Gasteiger partial charge in [0, 0.05) is 21.6 Å². The molecular weight excluding hydrogens is 366 g/mol. The molecule has 20 heavy (non-hydrogen) atoms. The van der Waals surface area contributed by atoms with E-state index in [0.717, 1.165) is 21.8 Å². The van der Waals surface area contributed by atoms with E-state index in [1.807, 2.05) is 17.6 Å². The van der Waals surface area contributed by atoms with Crippen molar-refractivity contribution in [1.29, 1.82) is 0 Å². The molecule has 106 valence electrons. The van der Waals surface area contributed by atoms with Crippen molar-refractivity contribution in [2.24, 2.45) is 0 Å². The molecule has 0 bridgehead atoms. The number of halogens is 2. The summed E-state index contributed by atoms with van der Waals surface area (Å²) in [5, 5.41) is 18.1. The third kappa shape index (κ3) is 3.34. The van der Waals surface area contributed by atoms with Crippen molar-refractivity contribution >= 4 is 45.3 Å². The summed E-state index contributed by atoms with van der Waals surface area (Å²) in [5.41, 5.74) is 0.828. The van der Waals surface area contributed by atoms with Crippen LogP contribution in [0, 0.1) is 0 Å². The summed E-state index contributed by atoms with van der Waals surface area (Å²) in [5.74, 6) is -0.268. The first kappa shape index (κ1) is 15.3. The van der Waals surface area contributed by atoms with Crippen LogP contribution in [0.3, 0.4) is 0 Å². The van der Waals surface area contributed by atoms with Crippen LogP contribution in [0.2, 0.25) is 5.02 Å². The highest BCUT2D eigenvalue weighted by Gasteiger charge is 2.16. The Morgan fingerprint density at radius 2 is 2.25 bits per heavy atom. The maximum absolute atomic E-state index is 10.6. The van der Waals surface area contributed by atoms with Gasteiger partial charge >= 0.3 is 5.97 Å². The quantitative estimate of drug-likeness (QED) is 0.808. The molecule has 0 aliphatic carbocycles. The van der Waals surface area contributed by atoms with Gasteiger partial charge in [0.25, 0.3) is 0 Å². The van der Waals surface area contributed by atoms with Gasteiger partial charge in [-0.05, 0) is 25.1 Å².